The van der Waals surface area contributed by atoms with Crippen LogP contribution in [0, 0.1) is 6.92 Å². The molecular formula is C11H15F3N2O. The second-order valence-corrected chi connectivity index (χ2v) is 3.89. The number of hydrogen-bond acceptors (Lipinski definition) is 3. The summed E-state index contributed by atoms with van der Waals surface area (Å²) in [5, 5.41) is 2.77. The lowest BCUT2D eigenvalue weighted by Crippen LogP contribution is -2.24. The van der Waals surface area contributed by atoms with E-state index in [1.54, 1.807) is 13.0 Å². The second-order valence-electron chi connectivity index (χ2n) is 3.89. The quantitative estimate of drug-likeness (QED) is 0.888. The molecule has 0 aliphatic carbocycles. The van der Waals surface area contributed by atoms with Crippen molar-refractivity contribution in [3.63, 3.8) is 0 Å². The van der Waals surface area contributed by atoms with Crippen LogP contribution in [0.1, 0.15) is 19.0 Å². The molecule has 0 aromatic carbocycles. The number of aryl methyl sites for hydroxylation is 1. The fraction of sp³-hybridized carbons (Fsp3) is 0.545. The third-order valence-electron chi connectivity index (χ3n) is 2.16. The van der Waals surface area contributed by atoms with Crippen molar-refractivity contribution < 1.29 is 17.9 Å². The molecule has 1 aromatic heterocycles. The number of aromatic nitrogens is 1. The van der Waals surface area contributed by atoms with Crippen molar-refractivity contribution in [2.24, 2.45) is 0 Å². The minimum absolute atomic E-state index is 0.435. The molecule has 1 heterocycles. The summed E-state index contributed by atoms with van der Waals surface area (Å²) in [7, 11) is 1.45. The molecule has 0 aliphatic rings. The minimum atomic E-state index is -4.18. The summed E-state index contributed by atoms with van der Waals surface area (Å²) in [5.74, 6) is 0.435. The fourth-order valence-electron chi connectivity index (χ4n) is 1.49. The van der Waals surface area contributed by atoms with Gasteiger partial charge in [-0.05, 0) is 19.9 Å². The maximum absolute atomic E-state index is 12.2. The van der Waals surface area contributed by atoms with E-state index in [2.05, 4.69) is 10.3 Å². The van der Waals surface area contributed by atoms with Gasteiger partial charge in [-0.15, -0.1) is 0 Å². The molecule has 1 unspecified atom stereocenters. The third-order valence-corrected chi connectivity index (χ3v) is 2.16. The van der Waals surface area contributed by atoms with Crippen molar-refractivity contribution in [2.45, 2.75) is 32.5 Å². The Morgan fingerprint density at radius 2 is 2.12 bits per heavy atom. The van der Waals surface area contributed by atoms with Crippen molar-refractivity contribution in [3.8, 4) is 5.75 Å². The summed E-state index contributed by atoms with van der Waals surface area (Å²) in [6.45, 7) is 3.24. The minimum Gasteiger partial charge on any atom is -0.493 e. The van der Waals surface area contributed by atoms with Crippen molar-refractivity contribution in [1.29, 1.82) is 0 Å². The number of alkyl halides is 3. The van der Waals surface area contributed by atoms with Crippen molar-refractivity contribution in [1.82, 2.24) is 4.98 Å². The van der Waals surface area contributed by atoms with Gasteiger partial charge < -0.3 is 10.1 Å². The number of nitrogens with zero attached hydrogens (tertiary/aromatic N) is 1. The first-order valence-corrected chi connectivity index (χ1v) is 5.15. The first-order valence-electron chi connectivity index (χ1n) is 5.15. The number of halogens is 3. The standard InChI is InChI=1S/C11H15F3N2O/c1-7-4-9(10(17-3)6-15-7)16-8(2)5-11(12,13)14/h4,6,8H,5H2,1-3H3,(H,15,16). The Bertz CT molecular complexity index is 379. The largest absolute Gasteiger partial charge is 0.493 e. The van der Waals surface area contributed by atoms with E-state index in [1.165, 1.54) is 20.2 Å². The van der Waals surface area contributed by atoms with Gasteiger partial charge in [0.2, 0.25) is 0 Å². The van der Waals surface area contributed by atoms with Gasteiger partial charge >= 0.3 is 6.18 Å². The van der Waals surface area contributed by atoms with E-state index in [1.807, 2.05) is 0 Å². The van der Waals surface area contributed by atoms with Gasteiger partial charge in [0.15, 0.2) is 5.75 Å². The number of methoxy groups -OCH3 is 1. The Kier molecular flexibility index (Phi) is 4.20. The van der Waals surface area contributed by atoms with E-state index >= 15 is 0 Å². The van der Waals surface area contributed by atoms with Crippen LogP contribution in [0.3, 0.4) is 0 Å². The van der Waals surface area contributed by atoms with Crippen molar-refractivity contribution in [3.05, 3.63) is 18.0 Å². The first-order chi connectivity index (χ1) is 7.81. The van der Waals surface area contributed by atoms with E-state index in [-0.39, 0.29) is 0 Å². The Labute approximate surface area is 98.0 Å². The molecule has 0 radical (unpaired) electrons. The molecular weight excluding hydrogens is 233 g/mol. The highest BCUT2D eigenvalue weighted by molar-refractivity contribution is 5.56. The molecule has 0 fully saturated rings. The van der Waals surface area contributed by atoms with Crippen LogP contribution in [0.2, 0.25) is 0 Å². The van der Waals surface area contributed by atoms with E-state index in [9.17, 15) is 13.2 Å². The predicted molar refractivity (Wildman–Crippen MR) is 59.3 cm³/mol. The number of nitrogens with one attached hydrogen (secondary N) is 1. The van der Waals surface area contributed by atoms with Gasteiger partial charge in [0, 0.05) is 11.7 Å². The van der Waals surface area contributed by atoms with Crippen molar-refractivity contribution >= 4 is 5.69 Å². The molecule has 0 saturated carbocycles. The third kappa shape index (κ3) is 4.50. The van der Waals surface area contributed by atoms with E-state index in [0.29, 0.717) is 17.1 Å². The molecule has 1 N–H and O–H groups in total. The van der Waals surface area contributed by atoms with Crippen LogP contribution in [0.15, 0.2) is 12.3 Å². The lowest BCUT2D eigenvalue weighted by atomic mass is 10.2. The normalized spacial score (nSPS) is 13.3. The van der Waals surface area contributed by atoms with E-state index in [4.69, 9.17) is 4.74 Å². The molecule has 6 heteroatoms. The van der Waals surface area contributed by atoms with E-state index in [0.717, 1.165) is 0 Å². The monoisotopic (exact) mass is 248 g/mol. The Morgan fingerprint density at radius 1 is 1.47 bits per heavy atom. The Morgan fingerprint density at radius 3 is 2.65 bits per heavy atom. The van der Waals surface area contributed by atoms with Gasteiger partial charge in [-0.25, -0.2) is 0 Å². The summed E-state index contributed by atoms with van der Waals surface area (Å²) < 4.78 is 41.6. The lowest BCUT2D eigenvalue weighted by Gasteiger charge is -2.18. The second kappa shape index (κ2) is 5.25. The fourth-order valence-corrected chi connectivity index (χ4v) is 1.49. The average molecular weight is 248 g/mol. The highest BCUT2D eigenvalue weighted by Gasteiger charge is 2.30. The number of hydrogen-bond donors (Lipinski definition) is 1. The van der Waals surface area contributed by atoms with Crippen molar-refractivity contribution in [2.75, 3.05) is 12.4 Å². The lowest BCUT2D eigenvalue weighted by molar-refractivity contribution is -0.136. The molecule has 0 aliphatic heterocycles. The molecule has 0 spiro atoms. The molecule has 0 amide bonds. The number of anilines is 1. The average Bonchev–Trinajstić information content (AvgIpc) is 2.14. The van der Waals surface area contributed by atoms with Crippen LogP contribution >= 0.6 is 0 Å². The number of rotatable bonds is 4. The first kappa shape index (κ1) is 13.6. The summed E-state index contributed by atoms with van der Waals surface area (Å²) in [5.41, 5.74) is 1.24. The SMILES string of the molecule is COc1cnc(C)cc1NC(C)CC(F)(F)F. The molecule has 3 nitrogen and oxygen atoms in total. The van der Waals surface area contributed by atoms with Gasteiger partial charge in [0.25, 0.3) is 0 Å². The maximum atomic E-state index is 12.2. The van der Waals surface area contributed by atoms with Crippen LogP contribution in [0.4, 0.5) is 18.9 Å². The van der Waals surface area contributed by atoms with Crippen LogP contribution in [-0.2, 0) is 0 Å². The highest BCUT2D eigenvalue weighted by Crippen LogP contribution is 2.27. The van der Waals surface area contributed by atoms with Crippen LogP contribution in [0.25, 0.3) is 0 Å². The topological polar surface area (TPSA) is 34.1 Å². The van der Waals surface area contributed by atoms with Crippen LogP contribution < -0.4 is 10.1 Å². The van der Waals surface area contributed by atoms with Gasteiger partial charge in [-0.3, -0.25) is 4.98 Å². The molecule has 0 saturated heterocycles. The molecule has 1 rings (SSSR count). The predicted octanol–water partition coefficient (Wildman–Crippen LogP) is 3.15. The molecule has 1 aromatic rings. The maximum Gasteiger partial charge on any atom is 0.391 e. The molecule has 1 atom stereocenters. The van der Waals surface area contributed by atoms with Crippen LogP contribution in [-0.4, -0.2) is 24.3 Å². The summed E-state index contributed by atoms with van der Waals surface area (Å²) in [6, 6.07) is 0.941. The molecule has 17 heavy (non-hydrogen) atoms. The zero-order valence-corrected chi connectivity index (χ0v) is 9.93. The number of pyridine rings is 1. The van der Waals surface area contributed by atoms with Gasteiger partial charge in [0.05, 0.1) is 25.4 Å². The Hall–Kier alpha value is -1.46. The summed E-state index contributed by atoms with van der Waals surface area (Å²) in [4.78, 5) is 4.01. The van der Waals surface area contributed by atoms with Gasteiger partial charge in [0.1, 0.15) is 0 Å². The summed E-state index contributed by atoms with van der Waals surface area (Å²) >= 11 is 0. The molecule has 0 bridgehead atoms. The highest BCUT2D eigenvalue weighted by atomic mass is 19.4. The van der Waals surface area contributed by atoms with Gasteiger partial charge in [-0.1, -0.05) is 0 Å². The van der Waals surface area contributed by atoms with Gasteiger partial charge in [-0.2, -0.15) is 13.2 Å². The zero-order chi connectivity index (χ0) is 13.1. The zero-order valence-electron chi connectivity index (χ0n) is 9.93. The summed E-state index contributed by atoms with van der Waals surface area (Å²) in [6.07, 6.45) is -3.59. The smallest absolute Gasteiger partial charge is 0.391 e. The Balaban J connectivity index is 2.76. The van der Waals surface area contributed by atoms with E-state index < -0.39 is 18.6 Å². The number of ether oxygens (including phenoxy) is 1. The van der Waals surface area contributed by atoms with Crippen LogP contribution in [0.5, 0.6) is 5.75 Å². The molecule has 96 valence electrons.